The third-order valence-corrected chi connectivity index (χ3v) is 2.37. The van der Waals surface area contributed by atoms with Crippen LogP contribution in [0.5, 0.6) is 5.88 Å². The van der Waals surface area contributed by atoms with E-state index in [4.69, 9.17) is 4.74 Å². The topological polar surface area (TPSA) is 35.0 Å². The molecule has 0 unspecified atom stereocenters. The molecule has 0 aliphatic heterocycles. The van der Waals surface area contributed by atoms with Gasteiger partial charge in [-0.3, -0.25) is 4.98 Å². The molecule has 3 nitrogen and oxygen atoms in total. The summed E-state index contributed by atoms with van der Waals surface area (Å²) in [5, 5.41) is 1.11. The van der Waals surface area contributed by atoms with Crippen LogP contribution in [-0.4, -0.2) is 17.1 Å². The Hall–Kier alpha value is -1.64. The van der Waals surface area contributed by atoms with Gasteiger partial charge in [0, 0.05) is 17.1 Å². The lowest BCUT2D eigenvalue weighted by Crippen LogP contribution is -1.94. The summed E-state index contributed by atoms with van der Waals surface area (Å²) < 4.78 is 5.06. The maximum Gasteiger partial charge on any atom is 0.213 e. The molecule has 3 heteroatoms. The van der Waals surface area contributed by atoms with E-state index in [2.05, 4.69) is 29.9 Å². The Morgan fingerprint density at radius 3 is 2.73 bits per heavy atom. The summed E-state index contributed by atoms with van der Waals surface area (Å²) in [6.45, 7) is 4.26. The highest BCUT2D eigenvalue weighted by Gasteiger charge is 2.03. The summed E-state index contributed by atoms with van der Waals surface area (Å²) in [4.78, 5) is 8.67. The molecule has 0 saturated carbocycles. The van der Waals surface area contributed by atoms with E-state index in [1.54, 1.807) is 13.3 Å². The van der Waals surface area contributed by atoms with Crippen molar-refractivity contribution < 1.29 is 4.74 Å². The third-order valence-electron chi connectivity index (χ3n) is 2.37. The van der Waals surface area contributed by atoms with E-state index in [0.29, 0.717) is 11.8 Å². The lowest BCUT2D eigenvalue weighted by molar-refractivity contribution is 0.399. The van der Waals surface area contributed by atoms with Crippen molar-refractivity contribution in [1.82, 2.24) is 9.97 Å². The van der Waals surface area contributed by atoms with Crippen LogP contribution in [0.25, 0.3) is 10.9 Å². The number of fused-ring (bicyclic) bond motifs is 1. The molecule has 2 aromatic rings. The zero-order valence-corrected chi connectivity index (χ0v) is 9.19. The quantitative estimate of drug-likeness (QED) is 0.751. The fourth-order valence-electron chi connectivity index (χ4n) is 1.45. The summed E-state index contributed by atoms with van der Waals surface area (Å²) >= 11 is 0. The van der Waals surface area contributed by atoms with Gasteiger partial charge < -0.3 is 4.74 Å². The molecule has 0 aliphatic carbocycles. The van der Waals surface area contributed by atoms with E-state index in [1.165, 1.54) is 0 Å². The second-order valence-corrected chi connectivity index (χ2v) is 3.81. The van der Waals surface area contributed by atoms with Crippen molar-refractivity contribution in [3.63, 3.8) is 0 Å². The fourth-order valence-corrected chi connectivity index (χ4v) is 1.45. The van der Waals surface area contributed by atoms with Crippen molar-refractivity contribution in [2.24, 2.45) is 0 Å². The molecule has 0 spiro atoms. The Morgan fingerprint density at radius 2 is 2.07 bits per heavy atom. The SMILES string of the molecule is COc1ccc2cc(C(C)C)ncc2n1. The van der Waals surface area contributed by atoms with Crippen LogP contribution >= 0.6 is 0 Å². The largest absolute Gasteiger partial charge is 0.481 e. The molecule has 0 atom stereocenters. The van der Waals surface area contributed by atoms with Crippen molar-refractivity contribution in [1.29, 1.82) is 0 Å². The van der Waals surface area contributed by atoms with Crippen LogP contribution in [0.1, 0.15) is 25.5 Å². The summed E-state index contributed by atoms with van der Waals surface area (Å²) in [6.07, 6.45) is 1.80. The van der Waals surface area contributed by atoms with E-state index in [9.17, 15) is 0 Å². The minimum absolute atomic E-state index is 0.441. The number of pyridine rings is 2. The summed E-state index contributed by atoms with van der Waals surface area (Å²) in [5.74, 6) is 1.07. The fraction of sp³-hybridized carbons (Fsp3) is 0.333. The van der Waals surface area contributed by atoms with Crippen molar-refractivity contribution in [3.05, 3.63) is 30.1 Å². The van der Waals surface area contributed by atoms with Gasteiger partial charge in [0.1, 0.15) is 0 Å². The molecule has 0 bridgehead atoms. The van der Waals surface area contributed by atoms with Crippen molar-refractivity contribution >= 4 is 10.9 Å². The average Bonchev–Trinajstić information content (AvgIpc) is 2.27. The predicted molar refractivity (Wildman–Crippen MR) is 60.2 cm³/mol. The maximum atomic E-state index is 5.06. The molecule has 0 aromatic carbocycles. The summed E-state index contributed by atoms with van der Waals surface area (Å²) in [5.41, 5.74) is 1.97. The zero-order chi connectivity index (χ0) is 10.8. The number of hydrogen-bond donors (Lipinski definition) is 0. The van der Waals surface area contributed by atoms with Gasteiger partial charge in [-0.25, -0.2) is 4.98 Å². The Bertz CT molecular complexity index is 480. The molecule has 2 heterocycles. The number of aromatic nitrogens is 2. The molecule has 0 aliphatic rings. The van der Waals surface area contributed by atoms with Gasteiger partial charge in [0.25, 0.3) is 0 Å². The Kier molecular flexibility index (Phi) is 2.54. The number of hydrogen-bond acceptors (Lipinski definition) is 3. The third kappa shape index (κ3) is 1.91. The molecule has 0 N–H and O–H groups in total. The van der Waals surface area contributed by atoms with Crippen LogP contribution in [-0.2, 0) is 0 Å². The number of ether oxygens (including phenoxy) is 1. The van der Waals surface area contributed by atoms with E-state index in [0.717, 1.165) is 16.6 Å². The van der Waals surface area contributed by atoms with Crippen LogP contribution in [0.2, 0.25) is 0 Å². The second kappa shape index (κ2) is 3.85. The normalized spacial score (nSPS) is 10.9. The number of methoxy groups -OCH3 is 1. The average molecular weight is 202 g/mol. The highest BCUT2D eigenvalue weighted by Crippen LogP contribution is 2.19. The Morgan fingerprint density at radius 1 is 1.27 bits per heavy atom. The first-order chi connectivity index (χ1) is 7.20. The van der Waals surface area contributed by atoms with E-state index >= 15 is 0 Å². The first kappa shape index (κ1) is 9.90. The molecule has 0 radical (unpaired) electrons. The minimum atomic E-state index is 0.441. The second-order valence-electron chi connectivity index (χ2n) is 3.81. The Balaban J connectivity index is 2.55. The predicted octanol–water partition coefficient (Wildman–Crippen LogP) is 2.76. The van der Waals surface area contributed by atoms with E-state index in [-0.39, 0.29) is 0 Å². The van der Waals surface area contributed by atoms with Gasteiger partial charge in [0.15, 0.2) is 0 Å². The van der Waals surface area contributed by atoms with E-state index in [1.807, 2.05) is 12.1 Å². The van der Waals surface area contributed by atoms with E-state index < -0.39 is 0 Å². The summed E-state index contributed by atoms with van der Waals surface area (Å²) in [6, 6.07) is 5.95. The van der Waals surface area contributed by atoms with Crippen LogP contribution in [0.4, 0.5) is 0 Å². The van der Waals surface area contributed by atoms with Gasteiger partial charge in [-0.1, -0.05) is 13.8 Å². The van der Waals surface area contributed by atoms with Crippen molar-refractivity contribution in [2.75, 3.05) is 7.11 Å². The zero-order valence-electron chi connectivity index (χ0n) is 9.19. The number of rotatable bonds is 2. The molecular weight excluding hydrogens is 188 g/mol. The van der Waals surface area contributed by atoms with Gasteiger partial charge in [0.05, 0.1) is 18.8 Å². The maximum absolute atomic E-state index is 5.06. The highest BCUT2D eigenvalue weighted by atomic mass is 16.5. The summed E-state index contributed by atoms with van der Waals surface area (Å²) in [7, 11) is 1.62. The molecule has 0 saturated heterocycles. The molecule has 0 fully saturated rings. The van der Waals surface area contributed by atoms with Gasteiger partial charge in [-0.05, 0) is 18.1 Å². The first-order valence-corrected chi connectivity index (χ1v) is 5.01. The van der Waals surface area contributed by atoms with Crippen molar-refractivity contribution in [3.8, 4) is 5.88 Å². The smallest absolute Gasteiger partial charge is 0.213 e. The molecule has 0 amide bonds. The Labute approximate surface area is 89.1 Å². The van der Waals surface area contributed by atoms with Gasteiger partial charge in [0.2, 0.25) is 5.88 Å². The number of nitrogens with zero attached hydrogens (tertiary/aromatic N) is 2. The molecule has 78 valence electrons. The lowest BCUT2D eigenvalue weighted by Gasteiger charge is -2.06. The molecule has 2 rings (SSSR count). The van der Waals surface area contributed by atoms with Crippen LogP contribution in [0.15, 0.2) is 24.4 Å². The standard InChI is InChI=1S/C12H14N2O/c1-8(2)10-6-9-4-5-12(15-3)14-11(9)7-13-10/h4-8H,1-3H3. The van der Waals surface area contributed by atoms with Crippen molar-refractivity contribution in [2.45, 2.75) is 19.8 Å². The van der Waals surface area contributed by atoms with Gasteiger partial charge in [-0.15, -0.1) is 0 Å². The van der Waals surface area contributed by atoms with Crippen LogP contribution in [0.3, 0.4) is 0 Å². The van der Waals surface area contributed by atoms with Gasteiger partial charge in [-0.2, -0.15) is 0 Å². The highest BCUT2D eigenvalue weighted by molar-refractivity contribution is 5.78. The monoisotopic (exact) mass is 202 g/mol. The van der Waals surface area contributed by atoms with Crippen LogP contribution < -0.4 is 4.74 Å². The molecule has 15 heavy (non-hydrogen) atoms. The minimum Gasteiger partial charge on any atom is -0.481 e. The molecular formula is C12H14N2O. The first-order valence-electron chi connectivity index (χ1n) is 5.01. The lowest BCUT2D eigenvalue weighted by atomic mass is 10.1. The van der Waals surface area contributed by atoms with Gasteiger partial charge >= 0.3 is 0 Å². The van der Waals surface area contributed by atoms with Crippen LogP contribution in [0, 0.1) is 0 Å². The molecule has 2 aromatic heterocycles.